The van der Waals surface area contributed by atoms with E-state index in [4.69, 9.17) is 9.72 Å². The minimum atomic E-state index is -1.13. The summed E-state index contributed by atoms with van der Waals surface area (Å²) in [4.78, 5) is 13.1. The zero-order chi connectivity index (χ0) is 25.5. The average molecular weight is 506 g/mol. The van der Waals surface area contributed by atoms with Gasteiger partial charge in [0, 0.05) is 44.9 Å². The summed E-state index contributed by atoms with van der Waals surface area (Å²) in [7, 11) is -1.13. The maximum absolute atomic E-state index is 13.4. The van der Waals surface area contributed by atoms with Gasteiger partial charge in [-0.3, -0.25) is 4.98 Å². The molecule has 0 fully saturated rings. The third kappa shape index (κ3) is 7.43. The molecule has 0 saturated heterocycles. The van der Waals surface area contributed by atoms with Crippen LogP contribution >= 0.6 is 0 Å². The van der Waals surface area contributed by atoms with Crippen molar-refractivity contribution in [1.82, 2.24) is 24.7 Å². The van der Waals surface area contributed by atoms with Gasteiger partial charge in [0.05, 0.1) is 12.4 Å². The monoisotopic (exact) mass is 505 g/mol. The Kier molecular flexibility index (Phi) is 8.06. The second-order valence-corrected chi connectivity index (χ2v) is 15.5. The minimum Gasteiger partial charge on any atom is -0.363 e. The van der Waals surface area contributed by atoms with E-state index < -0.39 is 8.07 Å². The van der Waals surface area contributed by atoms with Crippen LogP contribution in [-0.2, 0) is 11.5 Å². The molecule has 10 heteroatoms. The molecular formula is C26H32FN7OSi. The molecule has 0 aliphatic heterocycles. The van der Waals surface area contributed by atoms with E-state index in [0.29, 0.717) is 24.2 Å². The highest BCUT2D eigenvalue weighted by Crippen LogP contribution is 2.28. The van der Waals surface area contributed by atoms with Crippen LogP contribution in [0.3, 0.4) is 0 Å². The fourth-order valence-corrected chi connectivity index (χ4v) is 4.26. The number of nitrogens with zero attached hydrogens (tertiary/aromatic N) is 5. The lowest BCUT2D eigenvalue weighted by atomic mass is 10.1. The summed E-state index contributed by atoms with van der Waals surface area (Å²) in [6.45, 7) is 10.2. The summed E-state index contributed by atoms with van der Waals surface area (Å²) in [5.41, 5.74) is 2.82. The molecule has 3 heterocycles. The van der Waals surface area contributed by atoms with Gasteiger partial charge >= 0.3 is 0 Å². The van der Waals surface area contributed by atoms with E-state index >= 15 is 0 Å². The van der Waals surface area contributed by atoms with E-state index in [1.165, 1.54) is 12.1 Å². The van der Waals surface area contributed by atoms with Crippen LogP contribution in [0.1, 0.15) is 18.5 Å². The molecule has 4 aromatic rings. The highest BCUT2D eigenvalue weighted by Gasteiger charge is 2.13. The first kappa shape index (κ1) is 25.5. The topological polar surface area (TPSA) is 89.8 Å². The summed E-state index contributed by atoms with van der Waals surface area (Å²) in [6.07, 6.45) is 8.65. The summed E-state index contributed by atoms with van der Waals surface area (Å²) >= 11 is 0. The fourth-order valence-electron chi connectivity index (χ4n) is 3.51. The molecule has 188 valence electrons. The fraction of sp³-hybridized carbons (Fsp3) is 0.308. The lowest BCUT2D eigenvalue weighted by Gasteiger charge is -2.17. The maximum Gasteiger partial charge on any atom is 0.150 e. The molecule has 3 aromatic heterocycles. The highest BCUT2D eigenvalue weighted by atomic mass is 28.3. The number of benzene rings is 1. The molecule has 0 unspecified atom stereocenters. The number of aromatic nitrogens is 5. The van der Waals surface area contributed by atoms with Crippen molar-refractivity contribution in [3.63, 3.8) is 0 Å². The van der Waals surface area contributed by atoms with Crippen LogP contribution in [-0.4, -0.2) is 39.4 Å². The third-order valence-electron chi connectivity index (χ3n) is 5.57. The van der Waals surface area contributed by atoms with Gasteiger partial charge in [0.2, 0.25) is 0 Å². The van der Waals surface area contributed by atoms with Gasteiger partial charge in [0.25, 0.3) is 0 Å². The highest BCUT2D eigenvalue weighted by molar-refractivity contribution is 6.76. The lowest BCUT2D eigenvalue weighted by Crippen LogP contribution is -2.22. The molecule has 2 N–H and O–H groups in total. The lowest BCUT2D eigenvalue weighted by molar-refractivity contribution is 0.0786. The van der Waals surface area contributed by atoms with Gasteiger partial charge in [-0.2, -0.15) is 5.10 Å². The van der Waals surface area contributed by atoms with E-state index in [-0.39, 0.29) is 11.9 Å². The molecule has 1 aromatic carbocycles. The van der Waals surface area contributed by atoms with E-state index in [1.54, 1.807) is 35.4 Å². The molecule has 0 aliphatic carbocycles. The van der Waals surface area contributed by atoms with Crippen LogP contribution in [0.15, 0.2) is 67.4 Å². The van der Waals surface area contributed by atoms with E-state index in [0.717, 1.165) is 29.3 Å². The Balaban J connectivity index is 1.54. The third-order valence-corrected chi connectivity index (χ3v) is 7.27. The van der Waals surface area contributed by atoms with Gasteiger partial charge in [-0.1, -0.05) is 31.8 Å². The van der Waals surface area contributed by atoms with Crippen LogP contribution in [0.2, 0.25) is 25.7 Å². The van der Waals surface area contributed by atoms with E-state index in [1.807, 2.05) is 31.5 Å². The molecule has 0 radical (unpaired) electrons. The van der Waals surface area contributed by atoms with Crippen molar-refractivity contribution < 1.29 is 9.13 Å². The van der Waals surface area contributed by atoms with Crippen molar-refractivity contribution in [1.29, 1.82) is 0 Å². The van der Waals surface area contributed by atoms with Gasteiger partial charge in [0.15, 0.2) is 0 Å². The zero-order valence-corrected chi connectivity index (χ0v) is 22.1. The molecule has 4 rings (SSSR count). The molecule has 0 spiro atoms. The Morgan fingerprint density at radius 2 is 1.78 bits per heavy atom. The number of rotatable bonds is 11. The van der Waals surface area contributed by atoms with Crippen LogP contribution in [0.5, 0.6) is 0 Å². The van der Waals surface area contributed by atoms with Crippen molar-refractivity contribution in [2.24, 2.45) is 0 Å². The van der Waals surface area contributed by atoms with Gasteiger partial charge in [-0.15, -0.1) is 0 Å². The summed E-state index contributed by atoms with van der Waals surface area (Å²) in [5, 5.41) is 11.1. The Bertz CT molecular complexity index is 1260. The van der Waals surface area contributed by atoms with Crippen molar-refractivity contribution in [3.8, 4) is 11.1 Å². The number of anilines is 3. The number of hydrogen-bond donors (Lipinski definition) is 2. The van der Waals surface area contributed by atoms with Crippen molar-refractivity contribution in [2.75, 3.05) is 17.2 Å². The molecule has 36 heavy (non-hydrogen) atoms. The number of pyridine rings is 1. The van der Waals surface area contributed by atoms with Crippen molar-refractivity contribution in [2.45, 2.75) is 45.4 Å². The summed E-state index contributed by atoms with van der Waals surface area (Å²) in [5.74, 6) is 1.60. The quantitative estimate of drug-likeness (QED) is 0.188. The second kappa shape index (κ2) is 11.4. The van der Waals surface area contributed by atoms with Crippen LogP contribution < -0.4 is 10.6 Å². The molecule has 0 amide bonds. The number of ether oxygens (including phenoxy) is 1. The number of halogens is 1. The van der Waals surface area contributed by atoms with Gasteiger partial charge in [-0.05, 0) is 48.4 Å². The van der Waals surface area contributed by atoms with Crippen LogP contribution in [0.4, 0.5) is 21.8 Å². The predicted octanol–water partition coefficient (Wildman–Crippen LogP) is 6.10. The molecule has 1 atom stereocenters. The van der Waals surface area contributed by atoms with E-state index in [2.05, 4.69) is 45.3 Å². The molecule has 0 aliphatic rings. The van der Waals surface area contributed by atoms with Crippen LogP contribution in [0, 0.1) is 5.82 Å². The first-order valence-electron chi connectivity index (χ1n) is 11.9. The summed E-state index contributed by atoms with van der Waals surface area (Å²) in [6, 6.07) is 11.4. The SMILES string of the molecule is C[C@H](Nc1cc(-c2cnn(COCC[Si](C)(C)C)c2)cc(Nc2cnccn2)n1)c1ccc(F)cc1. The Morgan fingerprint density at radius 1 is 1.00 bits per heavy atom. The molecular weight excluding hydrogens is 473 g/mol. The van der Waals surface area contributed by atoms with Gasteiger partial charge in [0.1, 0.15) is 30.0 Å². The number of hydrogen-bond acceptors (Lipinski definition) is 7. The average Bonchev–Trinajstić information content (AvgIpc) is 3.31. The molecule has 0 bridgehead atoms. The Hall–Kier alpha value is -3.63. The largest absolute Gasteiger partial charge is 0.363 e. The van der Waals surface area contributed by atoms with Gasteiger partial charge in [-0.25, -0.2) is 19.0 Å². The normalized spacial score (nSPS) is 12.4. The molecule has 0 saturated carbocycles. The Morgan fingerprint density at radius 3 is 2.50 bits per heavy atom. The van der Waals surface area contributed by atoms with E-state index in [9.17, 15) is 4.39 Å². The second-order valence-electron chi connectivity index (χ2n) is 9.88. The first-order chi connectivity index (χ1) is 17.2. The molecule has 8 nitrogen and oxygen atoms in total. The standard InChI is InChI=1S/C26H32FN7OSi/c1-19(20-5-7-23(27)8-6-20)31-24-13-21(14-25(32-24)33-26-16-28-9-10-29-26)22-15-30-34(17-22)18-35-11-12-36(2,3)4/h5-10,13-17,19H,11-12,18H2,1-4H3,(H2,29,31,32,33)/t19-/m0/s1. The van der Waals surface area contributed by atoms with Gasteiger partial charge < -0.3 is 15.4 Å². The van der Waals surface area contributed by atoms with Crippen molar-refractivity contribution >= 4 is 25.5 Å². The Labute approximate surface area is 212 Å². The minimum absolute atomic E-state index is 0.0831. The predicted molar refractivity (Wildman–Crippen MR) is 143 cm³/mol. The first-order valence-corrected chi connectivity index (χ1v) is 15.6. The smallest absolute Gasteiger partial charge is 0.150 e. The summed E-state index contributed by atoms with van der Waals surface area (Å²) < 4.78 is 21.0. The van der Waals surface area contributed by atoms with Crippen molar-refractivity contribution in [3.05, 3.63) is 78.8 Å². The number of nitrogens with one attached hydrogen (secondary N) is 2. The van der Waals surface area contributed by atoms with Crippen LogP contribution in [0.25, 0.3) is 11.1 Å². The maximum atomic E-state index is 13.4. The zero-order valence-electron chi connectivity index (χ0n) is 21.1.